The van der Waals surface area contributed by atoms with E-state index >= 15 is 0 Å². The molecule has 0 aliphatic rings. The van der Waals surface area contributed by atoms with E-state index in [-0.39, 0.29) is 11.7 Å². The van der Waals surface area contributed by atoms with Gasteiger partial charge in [0.1, 0.15) is 5.78 Å². The molecule has 234 valence electrons. The number of amides is 1. The number of hydrogen-bond acceptors (Lipinski definition) is 5. The van der Waals surface area contributed by atoms with Crippen molar-refractivity contribution in [3.8, 4) is 0 Å². The van der Waals surface area contributed by atoms with Gasteiger partial charge in [0.05, 0.1) is 26.2 Å². The van der Waals surface area contributed by atoms with Crippen molar-refractivity contribution in [3.63, 3.8) is 0 Å². The van der Waals surface area contributed by atoms with Crippen molar-refractivity contribution in [1.82, 2.24) is 5.32 Å². The molecule has 0 aliphatic heterocycles. The molecule has 0 atom stereocenters. The first-order valence-electron chi connectivity index (χ1n) is 16.6. The minimum atomic E-state index is -0.0220. The number of unbranched alkanes of at least 4 members (excludes halogenated alkanes) is 9. The molecule has 0 bridgehead atoms. The summed E-state index contributed by atoms with van der Waals surface area (Å²) in [5, 5.41) is 3.00. The van der Waals surface area contributed by atoms with Crippen LogP contribution < -0.4 is 22.5 Å². The summed E-state index contributed by atoms with van der Waals surface area (Å²) in [4.78, 5) is 24.4. The Morgan fingerprint density at radius 3 is 1.77 bits per heavy atom. The smallest absolute Gasteiger partial charge is 0.220 e. The van der Waals surface area contributed by atoms with Gasteiger partial charge in [-0.3, -0.25) is 9.59 Å². The molecule has 40 heavy (non-hydrogen) atoms. The van der Waals surface area contributed by atoms with Crippen LogP contribution in [-0.2, 0) is 9.59 Å². The van der Waals surface area contributed by atoms with Gasteiger partial charge in [-0.25, -0.2) is 0 Å². The van der Waals surface area contributed by atoms with E-state index in [0.717, 1.165) is 69.2 Å². The summed E-state index contributed by atoms with van der Waals surface area (Å²) in [6.07, 6.45) is 27.6. The van der Waals surface area contributed by atoms with Crippen LogP contribution in [0.1, 0.15) is 122 Å². The average Bonchev–Trinajstić information content (AvgIpc) is 2.96. The predicted molar refractivity (Wildman–Crippen MR) is 172 cm³/mol. The van der Waals surface area contributed by atoms with E-state index in [9.17, 15) is 9.59 Å². The molecule has 7 N–H and O–H groups in total. The number of carbonyl (C=O) groups excluding carboxylic acids is 2. The molecule has 7 heteroatoms. The molecule has 0 rings (SSSR count). The fraction of sp³-hybridized carbons (Fsp3) is 0.818. The van der Waals surface area contributed by atoms with Crippen molar-refractivity contribution in [2.24, 2.45) is 17.2 Å². The predicted octanol–water partition coefficient (Wildman–Crippen LogP) is 5.52. The molecule has 0 aliphatic carbocycles. The van der Waals surface area contributed by atoms with E-state index < -0.39 is 0 Å². The third-order valence-corrected chi connectivity index (χ3v) is 7.70. The number of nitrogens with zero attached hydrogens (tertiary/aromatic N) is 1. The van der Waals surface area contributed by atoms with Crippen molar-refractivity contribution < 1.29 is 14.1 Å². The van der Waals surface area contributed by atoms with Gasteiger partial charge in [0, 0.05) is 51.6 Å². The topological polar surface area (TPSA) is 124 Å². The monoisotopic (exact) mass is 565 g/mol. The lowest BCUT2D eigenvalue weighted by atomic mass is 10.0. The lowest BCUT2D eigenvalue weighted by molar-refractivity contribution is -0.927. The quantitative estimate of drug-likeness (QED) is 0.0520. The summed E-state index contributed by atoms with van der Waals surface area (Å²) in [5.41, 5.74) is 17.4. The van der Waals surface area contributed by atoms with Crippen molar-refractivity contribution in [2.75, 3.05) is 52.4 Å². The van der Waals surface area contributed by atoms with Gasteiger partial charge in [0.2, 0.25) is 5.91 Å². The Hall–Kier alpha value is -1.54. The first-order chi connectivity index (χ1) is 19.5. The largest absolute Gasteiger partial charge is 0.356 e. The third-order valence-electron chi connectivity index (χ3n) is 7.70. The van der Waals surface area contributed by atoms with Crippen LogP contribution >= 0.6 is 0 Å². The number of quaternary nitrogens is 1. The van der Waals surface area contributed by atoms with Gasteiger partial charge in [-0.05, 0) is 51.6 Å². The normalized spacial score (nSPS) is 12.1. The van der Waals surface area contributed by atoms with E-state index in [1.807, 2.05) is 0 Å². The van der Waals surface area contributed by atoms with E-state index in [1.165, 1.54) is 57.8 Å². The van der Waals surface area contributed by atoms with E-state index in [4.69, 9.17) is 17.2 Å². The second-order valence-corrected chi connectivity index (χ2v) is 11.4. The summed E-state index contributed by atoms with van der Waals surface area (Å²) in [5.74, 6) is 0.188. The Morgan fingerprint density at radius 1 is 0.600 bits per heavy atom. The maximum Gasteiger partial charge on any atom is 0.220 e. The second-order valence-electron chi connectivity index (χ2n) is 11.4. The van der Waals surface area contributed by atoms with Gasteiger partial charge in [0.25, 0.3) is 0 Å². The number of hydrogen-bond donors (Lipinski definition) is 4. The lowest BCUT2D eigenvalue weighted by Crippen LogP contribution is -2.54. The van der Waals surface area contributed by atoms with E-state index in [0.29, 0.717) is 45.4 Å². The van der Waals surface area contributed by atoms with Crippen LogP contribution in [0.2, 0.25) is 0 Å². The molecular formula is C33H66N5O2+. The SMILES string of the molecule is CCCCC/C=C\C/C=C\CCCCCCCCC(=O)CCC(=O)NCCC[N+](CCN)(CCCN)CCCN. The fourth-order valence-corrected chi connectivity index (χ4v) is 5.22. The highest BCUT2D eigenvalue weighted by Gasteiger charge is 2.25. The number of nitrogens with two attached hydrogens (primary N) is 3. The number of rotatable bonds is 30. The first kappa shape index (κ1) is 38.5. The molecule has 0 spiro atoms. The Balaban J connectivity index is 3.79. The van der Waals surface area contributed by atoms with Crippen LogP contribution in [0.5, 0.6) is 0 Å². The Kier molecular flexibility index (Phi) is 27.9. The average molecular weight is 565 g/mol. The van der Waals surface area contributed by atoms with Gasteiger partial charge < -0.3 is 27.0 Å². The number of nitrogens with one attached hydrogen (secondary N) is 1. The highest BCUT2D eigenvalue weighted by Crippen LogP contribution is 2.12. The zero-order valence-electron chi connectivity index (χ0n) is 26.2. The highest BCUT2D eigenvalue weighted by molar-refractivity contribution is 5.84. The summed E-state index contributed by atoms with van der Waals surface area (Å²) < 4.78 is 0.924. The van der Waals surface area contributed by atoms with Crippen molar-refractivity contribution >= 4 is 11.7 Å². The Labute approximate surface area is 247 Å². The molecule has 0 radical (unpaired) electrons. The second kappa shape index (κ2) is 29.0. The van der Waals surface area contributed by atoms with Gasteiger partial charge >= 0.3 is 0 Å². The first-order valence-corrected chi connectivity index (χ1v) is 16.6. The Bertz CT molecular complexity index is 643. The number of ketones is 1. The van der Waals surface area contributed by atoms with Gasteiger partial charge in [-0.1, -0.05) is 69.8 Å². The molecule has 0 aromatic rings. The van der Waals surface area contributed by atoms with Gasteiger partial charge in [-0.2, -0.15) is 0 Å². The number of Topliss-reactive ketones (excluding diaryl/α,β-unsaturated/α-hetero) is 1. The molecule has 0 fully saturated rings. The zero-order valence-corrected chi connectivity index (χ0v) is 26.2. The van der Waals surface area contributed by atoms with Crippen molar-refractivity contribution in [1.29, 1.82) is 0 Å². The zero-order chi connectivity index (χ0) is 29.6. The van der Waals surface area contributed by atoms with Crippen LogP contribution in [0, 0.1) is 0 Å². The highest BCUT2D eigenvalue weighted by atomic mass is 16.2. The molecule has 0 heterocycles. The molecule has 1 amide bonds. The van der Waals surface area contributed by atoms with Crippen LogP contribution in [0.4, 0.5) is 0 Å². The molecular weight excluding hydrogens is 498 g/mol. The number of allylic oxidation sites excluding steroid dienone is 4. The standard InChI is InChI=1S/C33H65N5O2/c1-2-3-4-5-6-7-8-9-10-11-12-13-14-15-16-17-21-32(39)22-23-33(40)37-27-20-30-38(31-26-36,28-18-24-34)29-19-25-35/h6-7,9-10H,2-5,8,11-31,34-36H2,1H3/p+1/b7-6-,10-9-. The van der Waals surface area contributed by atoms with E-state index in [1.54, 1.807) is 0 Å². The van der Waals surface area contributed by atoms with Crippen LogP contribution in [0.3, 0.4) is 0 Å². The fourth-order valence-electron chi connectivity index (χ4n) is 5.22. The summed E-state index contributed by atoms with van der Waals surface area (Å²) in [7, 11) is 0. The summed E-state index contributed by atoms with van der Waals surface area (Å²) in [6.45, 7) is 8.75. The van der Waals surface area contributed by atoms with Gasteiger partial charge in [-0.15, -0.1) is 0 Å². The minimum Gasteiger partial charge on any atom is -0.356 e. The summed E-state index contributed by atoms with van der Waals surface area (Å²) in [6, 6.07) is 0. The molecule has 0 saturated carbocycles. The van der Waals surface area contributed by atoms with Crippen LogP contribution in [0.25, 0.3) is 0 Å². The van der Waals surface area contributed by atoms with Crippen molar-refractivity contribution in [3.05, 3.63) is 24.3 Å². The third kappa shape index (κ3) is 24.3. The molecule has 0 saturated heterocycles. The maximum atomic E-state index is 12.2. The van der Waals surface area contributed by atoms with Crippen molar-refractivity contribution in [2.45, 2.75) is 122 Å². The van der Waals surface area contributed by atoms with Crippen LogP contribution in [-0.4, -0.2) is 68.5 Å². The number of carbonyl (C=O) groups is 2. The Morgan fingerprint density at radius 2 is 1.18 bits per heavy atom. The summed E-state index contributed by atoms with van der Waals surface area (Å²) >= 11 is 0. The maximum absolute atomic E-state index is 12.2. The molecule has 0 unspecified atom stereocenters. The molecule has 7 nitrogen and oxygen atoms in total. The molecule has 0 aromatic carbocycles. The van der Waals surface area contributed by atoms with E-state index in [2.05, 4.69) is 36.5 Å². The van der Waals surface area contributed by atoms with Crippen LogP contribution in [0.15, 0.2) is 24.3 Å². The minimum absolute atomic E-state index is 0.0220. The van der Waals surface area contributed by atoms with Gasteiger partial charge in [0.15, 0.2) is 0 Å². The lowest BCUT2D eigenvalue weighted by Gasteiger charge is -2.39. The molecule has 0 aromatic heterocycles.